The van der Waals surface area contributed by atoms with Gasteiger partial charge in [0.15, 0.2) is 0 Å². The molecule has 0 N–H and O–H groups in total. The molecule has 0 heterocycles. The summed E-state index contributed by atoms with van der Waals surface area (Å²) in [7, 11) is 0. The maximum atomic E-state index is 3.81. The molecule has 0 amide bonds. The highest BCUT2D eigenvalue weighted by Crippen LogP contribution is 2.15. The van der Waals surface area contributed by atoms with Gasteiger partial charge >= 0.3 is 0 Å². The molecule has 0 aliphatic carbocycles. The monoisotopic (exact) mass is 152 g/mol. The lowest BCUT2D eigenvalue weighted by Gasteiger charge is -2.08. The Hall–Kier alpha value is -0.520. The standard InChI is InChI=1S/C11H20/c1-5-8-9-11(7-3)10(4)6-2/h7,9-10H,3,5-6,8H2,1-2,4H3. The topological polar surface area (TPSA) is 0 Å². The Morgan fingerprint density at radius 1 is 1.45 bits per heavy atom. The first kappa shape index (κ1) is 10.5. The Bertz CT molecular complexity index is 131. The van der Waals surface area contributed by atoms with Gasteiger partial charge in [-0.2, -0.15) is 0 Å². The van der Waals surface area contributed by atoms with Crippen molar-refractivity contribution >= 4 is 0 Å². The van der Waals surface area contributed by atoms with E-state index in [9.17, 15) is 0 Å². The minimum Gasteiger partial charge on any atom is -0.0988 e. The van der Waals surface area contributed by atoms with Crippen molar-refractivity contribution in [2.75, 3.05) is 0 Å². The zero-order valence-corrected chi connectivity index (χ0v) is 8.06. The summed E-state index contributed by atoms with van der Waals surface area (Å²) >= 11 is 0. The number of unbranched alkanes of at least 4 members (excludes halogenated alkanes) is 1. The summed E-state index contributed by atoms with van der Waals surface area (Å²) in [6, 6.07) is 0. The van der Waals surface area contributed by atoms with Gasteiger partial charge < -0.3 is 0 Å². The molecule has 1 unspecified atom stereocenters. The molecule has 0 aromatic heterocycles. The highest BCUT2D eigenvalue weighted by atomic mass is 14.1. The molecule has 0 heteroatoms. The van der Waals surface area contributed by atoms with Crippen LogP contribution in [0.5, 0.6) is 0 Å². The zero-order chi connectivity index (χ0) is 8.69. The van der Waals surface area contributed by atoms with Crippen LogP contribution in [0.3, 0.4) is 0 Å². The van der Waals surface area contributed by atoms with Crippen molar-refractivity contribution in [1.29, 1.82) is 0 Å². The van der Waals surface area contributed by atoms with Crippen LogP contribution in [0, 0.1) is 5.92 Å². The van der Waals surface area contributed by atoms with Gasteiger partial charge in [-0.3, -0.25) is 0 Å². The molecule has 0 aromatic carbocycles. The molecule has 1 atom stereocenters. The third kappa shape index (κ3) is 4.02. The lowest BCUT2D eigenvalue weighted by molar-refractivity contribution is 0.666. The van der Waals surface area contributed by atoms with Gasteiger partial charge in [-0.25, -0.2) is 0 Å². The van der Waals surface area contributed by atoms with Crippen molar-refractivity contribution < 1.29 is 0 Å². The molecule has 0 nitrogen and oxygen atoms in total. The van der Waals surface area contributed by atoms with Crippen molar-refractivity contribution in [2.24, 2.45) is 5.92 Å². The van der Waals surface area contributed by atoms with Crippen molar-refractivity contribution in [1.82, 2.24) is 0 Å². The summed E-state index contributed by atoms with van der Waals surface area (Å²) in [6.07, 6.45) is 7.92. The second-order valence-corrected chi connectivity index (χ2v) is 3.01. The first-order valence-electron chi connectivity index (χ1n) is 4.58. The lowest BCUT2D eigenvalue weighted by atomic mass is 9.97. The fourth-order valence-corrected chi connectivity index (χ4v) is 1.03. The SMILES string of the molecule is C=CC(=CCCC)C(C)CC. The molecule has 0 saturated carbocycles. The van der Waals surface area contributed by atoms with Crippen LogP contribution in [0.25, 0.3) is 0 Å². The first-order valence-corrected chi connectivity index (χ1v) is 4.58. The molecule has 0 fully saturated rings. The van der Waals surface area contributed by atoms with E-state index in [1.807, 2.05) is 6.08 Å². The van der Waals surface area contributed by atoms with Crippen LogP contribution in [-0.4, -0.2) is 0 Å². The molecule has 0 saturated heterocycles. The molecule has 0 bridgehead atoms. The second-order valence-electron chi connectivity index (χ2n) is 3.01. The fraction of sp³-hybridized carbons (Fsp3) is 0.636. The fourth-order valence-electron chi connectivity index (χ4n) is 1.03. The van der Waals surface area contributed by atoms with Gasteiger partial charge in [0.05, 0.1) is 0 Å². The summed E-state index contributed by atoms with van der Waals surface area (Å²) in [5, 5.41) is 0. The highest BCUT2D eigenvalue weighted by Gasteiger charge is 2.00. The maximum absolute atomic E-state index is 3.81. The normalized spacial score (nSPS) is 14.6. The summed E-state index contributed by atoms with van der Waals surface area (Å²) in [4.78, 5) is 0. The van der Waals surface area contributed by atoms with Crippen molar-refractivity contribution in [3.63, 3.8) is 0 Å². The van der Waals surface area contributed by atoms with E-state index in [0.717, 1.165) is 0 Å². The van der Waals surface area contributed by atoms with Crippen LogP contribution < -0.4 is 0 Å². The average molecular weight is 152 g/mol. The van der Waals surface area contributed by atoms with Crippen molar-refractivity contribution in [3.8, 4) is 0 Å². The third-order valence-electron chi connectivity index (χ3n) is 2.09. The van der Waals surface area contributed by atoms with Gasteiger partial charge in [0, 0.05) is 0 Å². The van der Waals surface area contributed by atoms with Gasteiger partial charge in [0.2, 0.25) is 0 Å². The Labute approximate surface area is 71.0 Å². The molecular formula is C11H20. The number of rotatable bonds is 5. The quantitative estimate of drug-likeness (QED) is 0.523. The highest BCUT2D eigenvalue weighted by molar-refractivity contribution is 5.18. The molecular weight excluding hydrogens is 132 g/mol. The summed E-state index contributed by atoms with van der Waals surface area (Å²) < 4.78 is 0. The minimum atomic E-state index is 0.680. The van der Waals surface area contributed by atoms with Gasteiger partial charge in [-0.15, -0.1) is 0 Å². The largest absolute Gasteiger partial charge is 0.0988 e. The average Bonchev–Trinajstić information content (AvgIpc) is 2.05. The van der Waals surface area contributed by atoms with Crippen molar-refractivity contribution in [2.45, 2.75) is 40.0 Å². The van der Waals surface area contributed by atoms with E-state index < -0.39 is 0 Å². The second kappa shape index (κ2) is 6.21. The summed E-state index contributed by atoms with van der Waals surface area (Å²) in [5.41, 5.74) is 1.41. The Morgan fingerprint density at radius 2 is 2.09 bits per heavy atom. The molecule has 64 valence electrons. The minimum absolute atomic E-state index is 0.680. The van der Waals surface area contributed by atoms with Gasteiger partial charge in [-0.1, -0.05) is 45.9 Å². The molecule has 0 rings (SSSR count). The Balaban J connectivity index is 4.02. The third-order valence-corrected chi connectivity index (χ3v) is 2.09. The van der Waals surface area contributed by atoms with E-state index in [1.165, 1.54) is 24.8 Å². The van der Waals surface area contributed by atoms with Gasteiger partial charge in [0.25, 0.3) is 0 Å². The molecule has 0 radical (unpaired) electrons. The van der Waals surface area contributed by atoms with Crippen LogP contribution >= 0.6 is 0 Å². The van der Waals surface area contributed by atoms with Crippen LogP contribution in [0.2, 0.25) is 0 Å². The first-order chi connectivity index (χ1) is 5.26. The zero-order valence-electron chi connectivity index (χ0n) is 8.06. The molecule has 0 aliphatic rings. The van der Waals surface area contributed by atoms with E-state index in [1.54, 1.807) is 0 Å². The van der Waals surface area contributed by atoms with E-state index in [-0.39, 0.29) is 0 Å². The maximum Gasteiger partial charge on any atom is -0.0196 e. The molecule has 11 heavy (non-hydrogen) atoms. The van der Waals surface area contributed by atoms with Crippen LogP contribution in [0.15, 0.2) is 24.3 Å². The van der Waals surface area contributed by atoms with Gasteiger partial charge in [0.1, 0.15) is 0 Å². The van der Waals surface area contributed by atoms with Crippen molar-refractivity contribution in [3.05, 3.63) is 24.3 Å². The van der Waals surface area contributed by atoms with E-state index in [4.69, 9.17) is 0 Å². The Morgan fingerprint density at radius 3 is 2.45 bits per heavy atom. The number of hydrogen-bond donors (Lipinski definition) is 0. The predicted octanol–water partition coefficient (Wildman–Crippen LogP) is 3.95. The van der Waals surface area contributed by atoms with E-state index >= 15 is 0 Å². The Kier molecular flexibility index (Phi) is 5.91. The van der Waals surface area contributed by atoms with Crippen LogP contribution in [0.1, 0.15) is 40.0 Å². The molecule has 0 spiro atoms. The van der Waals surface area contributed by atoms with Crippen LogP contribution in [-0.2, 0) is 0 Å². The summed E-state index contributed by atoms with van der Waals surface area (Å²) in [5.74, 6) is 0.680. The number of hydrogen-bond acceptors (Lipinski definition) is 0. The van der Waals surface area contributed by atoms with Gasteiger partial charge in [-0.05, 0) is 24.3 Å². The van der Waals surface area contributed by atoms with E-state index in [0.29, 0.717) is 5.92 Å². The van der Waals surface area contributed by atoms with Crippen LogP contribution in [0.4, 0.5) is 0 Å². The number of allylic oxidation sites excluding steroid dienone is 3. The smallest absolute Gasteiger partial charge is 0.0196 e. The molecule has 0 aromatic rings. The molecule has 0 aliphatic heterocycles. The lowest BCUT2D eigenvalue weighted by Crippen LogP contribution is -1.94. The predicted molar refractivity (Wildman–Crippen MR) is 52.6 cm³/mol. The summed E-state index contributed by atoms with van der Waals surface area (Å²) in [6.45, 7) is 10.5. The van der Waals surface area contributed by atoms with E-state index in [2.05, 4.69) is 33.4 Å².